The van der Waals surface area contributed by atoms with Crippen molar-refractivity contribution in [3.8, 4) is 0 Å². The van der Waals surface area contributed by atoms with Crippen LogP contribution in [0, 0.1) is 13.8 Å². The van der Waals surface area contributed by atoms with Gasteiger partial charge in [-0.25, -0.2) is 0 Å². The standard InChI is InChI=1S/C18H25BN2O2/c1-13-7-8-16(19-22-17(3,4)18(5,6)23-19)11-15(13)12-21-14(2)9-10-20-21/h7-11H,12H2,1-6H3. The van der Waals surface area contributed by atoms with E-state index in [1.807, 2.05) is 16.9 Å². The van der Waals surface area contributed by atoms with Crippen LogP contribution >= 0.6 is 0 Å². The zero-order valence-electron chi connectivity index (χ0n) is 14.9. The summed E-state index contributed by atoms with van der Waals surface area (Å²) in [6, 6.07) is 8.43. The highest BCUT2D eigenvalue weighted by molar-refractivity contribution is 6.62. The molecule has 0 atom stereocenters. The summed E-state index contributed by atoms with van der Waals surface area (Å²) in [4.78, 5) is 0. The van der Waals surface area contributed by atoms with Crippen LogP contribution in [-0.4, -0.2) is 28.1 Å². The molecule has 1 aromatic carbocycles. The van der Waals surface area contributed by atoms with Crippen molar-refractivity contribution in [3.05, 3.63) is 47.3 Å². The van der Waals surface area contributed by atoms with E-state index in [0.29, 0.717) is 0 Å². The van der Waals surface area contributed by atoms with Gasteiger partial charge >= 0.3 is 7.12 Å². The van der Waals surface area contributed by atoms with Crippen LogP contribution in [0.2, 0.25) is 0 Å². The number of hydrogen-bond acceptors (Lipinski definition) is 3. The number of aromatic nitrogens is 2. The SMILES string of the molecule is Cc1ccc(B2OC(C)(C)C(C)(C)O2)cc1Cn1nccc1C. The highest BCUT2D eigenvalue weighted by Crippen LogP contribution is 2.36. The molecule has 0 bridgehead atoms. The number of hydrogen-bond donors (Lipinski definition) is 0. The van der Waals surface area contributed by atoms with Crippen molar-refractivity contribution in [2.75, 3.05) is 0 Å². The Labute approximate surface area is 138 Å². The molecule has 1 fully saturated rings. The zero-order chi connectivity index (χ0) is 16.8. The van der Waals surface area contributed by atoms with Crippen LogP contribution in [-0.2, 0) is 15.9 Å². The van der Waals surface area contributed by atoms with Crippen LogP contribution in [0.3, 0.4) is 0 Å². The van der Waals surface area contributed by atoms with E-state index in [0.717, 1.165) is 17.7 Å². The quantitative estimate of drug-likeness (QED) is 0.818. The Kier molecular flexibility index (Phi) is 3.89. The van der Waals surface area contributed by atoms with Crippen molar-refractivity contribution >= 4 is 12.6 Å². The Balaban J connectivity index is 1.88. The van der Waals surface area contributed by atoms with Crippen molar-refractivity contribution < 1.29 is 9.31 Å². The van der Waals surface area contributed by atoms with Gasteiger partial charge in [0.2, 0.25) is 0 Å². The van der Waals surface area contributed by atoms with Crippen LogP contribution in [0.1, 0.15) is 44.5 Å². The number of aryl methyl sites for hydroxylation is 2. The van der Waals surface area contributed by atoms with Gasteiger partial charge in [-0.1, -0.05) is 18.2 Å². The number of rotatable bonds is 3. The third-order valence-electron chi connectivity index (χ3n) is 5.15. The van der Waals surface area contributed by atoms with Crippen molar-refractivity contribution in [3.63, 3.8) is 0 Å². The maximum Gasteiger partial charge on any atom is 0.494 e. The van der Waals surface area contributed by atoms with E-state index in [-0.39, 0.29) is 18.3 Å². The zero-order valence-corrected chi connectivity index (χ0v) is 14.9. The lowest BCUT2D eigenvalue weighted by atomic mass is 9.78. The second kappa shape index (κ2) is 5.50. The van der Waals surface area contributed by atoms with Crippen LogP contribution in [0.4, 0.5) is 0 Å². The fraction of sp³-hybridized carbons (Fsp3) is 0.500. The predicted molar refractivity (Wildman–Crippen MR) is 93.0 cm³/mol. The molecule has 0 aliphatic carbocycles. The molecule has 1 aromatic heterocycles. The fourth-order valence-corrected chi connectivity index (χ4v) is 2.71. The minimum absolute atomic E-state index is 0.318. The largest absolute Gasteiger partial charge is 0.494 e. The van der Waals surface area contributed by atoms with Crippen LogP contribution in [0.15, 0.2) is 30.5 Å². The maximum absolute atomic E-state index is 6.16. The summed E-state index contributed by atoms with van der Waals surface area (Å²) < 4.78 is 14.3. The Morgan fingerprint density at radius 3 is 2.26 bits per heavy atom. The predicted octanol–water partition coefficient (Wildman–Crippen LogP) is 2.85. The molecule has 0 radical (unpaired) electrons. The van der Waals surface area contributed by atoms with Crippen molar-refractivity contribution in [1.82, 2.24) is 9.78 Å². The second-order valence-corrected chi connectivity index (χ2v) is 7.40. The highest BCUT2D eigenvalue weighted by Gasteiger charge is 2.51. The van der Waals surface area contributed by atoms with Gasteiger partial charge in [-0.3, -0.25) is 4.68 Å². The lowest BCUT2D eigenvalue weighted by molar-refractivity contribution is 0.00578. The van der Waals surface area contributed by atoms with E-state index >= 15 is 0 Å². The molecule has 1 aliphatic heterocycles. The summed E-state index contributed by atoms with van der Waals surface area (Å²) >= 11 is 0. The van der Waals surface area contributed by atoms with E-state index in [9.17, 15) is 0 Å². The van der Waals surface area contributed by atoms with Crippen molar-refractivity contribution in [2.24, 2.45) is 0 Å². The lowest BCUT2D eigenvalue weighted by Gasteiger charge is -2.32. The Hall–Kier alpha value is -1.59. The molecule has 0 amide bonds. The smallest absolute Gasteiger partial charge is 0.399 e. The average molecular weight is 312 g/mol. The van der Waals surface area contributed by atoms with Gasteiger partial charge in [0.25, 0.3) is 0 Å². The molecule has 2 aromatic rings. The molecule has 0 spiro atoms. The number of nitrogens with zero attached hydrogens (tertiary/aromatic N) is 2. The average Bonchev–Trinajstić information content (AvgIpc) is 2.94. The maximum atomic E-state index is 6.16. The molecule has 1 saturated heterocycles. The Morgan fingerprint density at radius 1 is 1.04 bits per heavy atom. The van der Waals surface area contributed by atoms with Gasteiger partial charge in [-0.05, 0) is 64.2 Å². The summed E-state index contributed by atoms with van der Waals surface area (Å²) in [5.74, 6) is 0. The van der Waals surface area contributed by atoms with Gasteiger partial charge in [0.15, 0.2) is 0 Å². The molecule has 0 unspecified atom stereocenters. The summed E-state index contributed by atoms with van der Waals surface area (Å²) in [5, 5.41) is 4.38. The van der Waals surface area contributed by atoms with Crippen LogP contribution < -0.4 is 5.46 Å². The molecule has 3 rings (SSSR count). The van der Waals surface area contributed by atoms with E-state index in [2.05, 4.69) is 64.8 Å². The molecule has 1 aliphatic rings. The Morgan fingerprint density at radius 2 is 1.70 bits per heavy atom. The molecule has 23 heavy (non-hydrogen) atoms. The minimum atomic E-state index is -0.321. The highest BCUT2D eigenvalue weighted by atomic mass is 16.7. The molecule has 122 valence electrons. The first kappa shape index (κ1) is 16.3. The number of benzene rings is 1. The third kappa shape index (κ3) is 2.95. The van der Waals surface area contributed by atoms with E-state index in [4.69, 9.17) is 9.31 Å². The summed E-state index contributed by atoms with van der Waals surface area (Å²) in [7, 11) is -0.321. The van der Waals surface area contributed by atoms with E-state index < -0.39 is 0 Å². The summed E-state index contributed by atoms with van der Waals surface area (Å²) in [6.45, 7) is 13.3. The van der Waals surface area contributed by atoms with Gasteiger partial charge in [0.1, 0.15) is 0 Å². The van der Waals surface area contributed by atoms with Gasteiger partial charge in [0, 0.05) is 11.9 Å². The van der Waals surface area contributed by atoms with Crippen LogP contribution in [0.5, 0.6) is 0 Å². The van der Waals surface area contributed by atoms with Gasteiger partial charge in [0.05, 0.1) is 17.7 Å². The second-order valence-electron chi connectivity index (χ2n) is 7.40. The van der Waals surface area contributed by atoms with E-state index in [1.54, 1.807) is 0 Å². The molecule has 4 nitrogen and oxygen atoms in total. The minimum Gasteiger partial charge on any atom is -0.399 e. The summed E-state index contributed by atoms with van der Waals surface area (Å²) in [6.07, 6.45) is 1.84. The fourth-order valence-electron chi connectivity index (χ4n) is 2.71. The molecular weight excluding hydrogens is 287 g/mol. The molecular formula is C18H25BN2O2. The first-order valence-corrected chi connectivity index (χ1v) is 8.13. The summed E-state index contributed by atoms with van der Waals surface area (Å²) in [5.41, 5.74) is 4.08. The normalized spacial score (nSPS) is 19.3. The van der Waals surface area contributed by atoms with Crippen molar-refractivity contribution in [1.29, 1.82) is 0 Å². The molecule has 2 heterocycles. The van der Waals surface area contributed by atoms with Gasteiger partial charge in [-0.15, -0.1) is 0 Å². The monoisotopic (exact) mass is 312 g/mol. The first-order chi connectivity index (χ1) is 10.7. The van der Waals surface area contributed by atoms with Crippen molar-refractivity contribution in [2.45, 2.75) is 59.3 Å². The van der Waals surface area contributed by atoms with E-state index in [1.165, 1.54) is 11.1 Å². The van der Waals surface area contributed by atoms with Gasteiger partial charge in [-0.2, -0.15) is 5.10 Å². The molecule has 0 N–H and O–H groups in total. The third-order valence-corrected chi connectivity index (χ3v) is 5.15. The van der Waals surface area contributed by atoms with Crippen LogP contribution in [0.25, 0.3) is 0 Å². The topological polar surface area (TPSA) is 36.3 Å². The Bertz CT molecular complexity index is 706. The van der Waals surface area contributed by atoms with Gasteiger partial charge < -0.3 is 9.31 Å². The first-order valence-electron chi connectivity index (χ1n) is 8.13. The molecule has 0 saturated carbocycles. The lowest BCUT2D eigenvalue weighted by Crippen LogP contribution is -2.41. The molecule has 5 heteroatoms.